The maximum Gasteiger partial charge on any atom is 0.338 e. The van der Waals surface area contributed by atoms with E-state index in [0.29, 0.717) is 12.1 Å². The number of hydrogen-bond donors (Lipinski definition) is 0. The van der Waals surface area contributed by atoms with E-state index in [1.165, 1.54) is 32.7 Å². The molecule has 0 fully saturated rings. The zero-order valence-corrected chi connectivity index (χ0v) is 28.3. The van der Waals surface area contributed by atoms with Crippen LogP contribution in [0, 0.1) is 0 Å². The molecule has 1 aliphatic rings. The Bertz CT molecular complexity index is 1580. The summed E-state index contributed by atoms with van der Waals surface area (Å²) in [5, 5.41) is 1.96. The maximum absolute atomic E-state index is 12.5. The molecule has 1 atom stereocenters. The quantitative estimate of drug-likeness (QED) is 0.143. The Morgan fingerprint density at radius 3 is 2.12 bits per heavy atom. The lowest BCUT2D eigenvalue weighted by atomic mass is 10.0. The smallest absolute Gasteiger partial charge is 0.338 e. The molecule has 9 nitrogen and oxygen atoms in total. The molecule has 1 aliphatic heterocycles. The van der Waals surface area contributed by atoms with Crippen LogP contribution in [0.15, 0.2) is 46.3 Å². The van der Waals surface area contributed by atoms with E-state index in [2.05, 4.69) is 16.4 Å². The van der Waals surface area contributed by atoms with E-state index in [0.717, 1.165) is 42.9 Å². The van der Waals surface area contributed by atoms with Gasteiger partial charge in [-0.2, -0.15) is 4.57 Å². The summed E-state index contributed by atoms with van der Waals surface area (Å²) in [6.07, 6.45) is 5.75. The van der Waals surface area contributed by atoms with Gasteiger partial charge in [0.1, 0.15) is 11.2 Å². The Kier molecular flexibility index (Phi) is 11.6. The summed E-state index contributed by atoms with van der Waals surface area (Å²) in [7, 11) is 5.56. The summed E-state index contributed by atoms with van der Waals surface area (Å²) in [5.74, 6) is -1.59. The molecule has 0 spiro atoms. The number of fused-ring (bicyclic) bond motifs is 2. The number of aromatic nitrogens is 1. The van der Waals surface area contributed by atoms with Crippen molar-refractivity contribution in [2.24, 2.45) is 0 Å². The van der Waals surface area contributed by atoms with Gasteiger partial charge in [-0.25, -0.2) is 14.4 Å². The van der Waals surface area contributed by atoms with Gasteiger partial charge in [-0.15, -0.1) is 0 Å². The van der Waals surface area contributed by atoms with Crippen molar-refractivity contribution in [1.82, 2.24) is 0 Å². The summed E-state index contributed by atoms with van der Waals surface area (Å²) in [6, 6.07) is 7.24. The highest BCUT2D eigenvalue weighted by atomic mass is 127. The van der Waals surface area contributed by atoms with Gasteiger partial charge in [0.15, 0.2) is 0 Å². The number of thioether (sulfide) groups is 1. The van der Waals surface area contributed by atoms with Crippen LogP contribution in [0.4, 0.5) is 5.69 Å². The van der Waals surface area contributed by atoms with Crippen LogP contribution in [0.25, 0.3) is 16.3 Å². The molecule has 0 radical (unpaired) electrons. The van der Waals surface area contributed by atoms with Gasteiger partial charge in [-0.1, -0.05) is 29.2 Å². The molecule has 0 saturated heterocycles. The van der Waals surface area contributed by atoms with E-state index >= 15 is 0 Å². The number of nitrogens with zero attached hydrogens (tertiary/aromatic N) is 2. The minimum atomic E-state index is -0.598. The van der Waals surface area contributed by atoms with Gasteiger partial charge in [0.2, 0.25) is 5.52 Å². The van der Waals surface area contributed by atoms with Crippen LogP contribution >= 0.6 is 23.1 Å². The Hall–Kier alpha value is -2.94. The molecule has 1 aromatic heterocycles. The van der Waals surface area contributed by atoms with Gasteiger partial charge >= 0.3 is 17.9 Å². The second kappa shape index (κ2) is 14.5. The summed E-state index contributed by atoms with van der Waals surface area (Å²) >= 11 is 3.10. The van der Waals surface area contributed by atoms with Gasteiger partial charge in [0.25, 0.3) is 5.01 Å². The van der Waals surface area contributed by atoms with E-state index in [1.807, 2.05) is 44.2 Å². The first-order valence-electron chi connectivity index (χ1n) is 13.0. The number of aryl methyl sites for hydroxylation is 1. The molecule has 4 rings (SSSR count). The number of carbonyl (C=O) groups is 3. The van der Waals surface area contributed by atoms with Crippen LogP contribution in [0.1, 0.15) is 68.5 Å². The number of ether oxygens (including phenoxy) is 4. The van der Waals surface area contributed by atoms with Crippen molar-refractivity contribution in [3.8, 4) is 0 Å². The SMILES string of the molecule is CCN1/C(=C/C=C/c2sc3cc(C(=O)OC)c(C(=O)OC)cc3[n+]2CC)Sc2cc(C(=O)OC)c(C(C)OC)cc21.[I-]. The fourth-order valence-corrected chi connectivity index (χ4v) is 7.05. The van der Waals surface area contributed by atoms with Gasteiger partial charge in [-0.3, -0.25) is 0 Å². The monoisotopic (exact) mass is 724 g/mol. The number of thiazole rings is 1. The number of anilines is 1. The Labute approximate surface area is 270 Å². The minimum Gasteiger partial charge on any atom is -1.00 e. The Morgan fingerprint density at radius 1 is 0.929 bits per heavy atom. The highest BCUT2D eigenvalue weighted by molar-refractivity contribution is 8.03. The number of hydrogen-bond acceptors (Lipinski definition) is 10. The minimum absolute atomic E-state index is 0. The fraction of sp³-hybridized carbons (Fsp3) is 0.333. The number of rotatable bonds is 9. The molecule has 0 bridgehead atoms. The molecule has 0 N–H and O–H groups in total. The van der Waals surface area contributed by atoms with Gasteiger partial charge in [-0.05, 0) is 50.6 Å². The first kappa shape index (κ1) is 33.6. The molecule has 3 aromatic rings. The van der Waals surface area contributed by atoms with Gasteiger partial charge in [0, 0.05) is 30.7 Å². The lowest BCUT2D eigenvalue weighted by Crippen LogP contribution is -3.00. The third-order valence-corrected chi connectivity index (χ3v) is 9.12. The molecule has 0 amide bonds. The number of allylic oxidation sites excluding steroid dienone is 2. The van der Waals surface area contributed by atoms with E-state index in [9.17, 15) is 14.4 Å². The number of methoxy groups -OCH3 is 4. The summed E-state index contributed by atoms with van der Waals surface area (Å²) in [4.78, 5) is 40.5. The van der Waals surface area contributed by atoms with Crippen molar-refractivity contribution in [3.05, 3.63) is 68.7 Å². The number of esters is 3. The number of carbonyl (C=O) groups excluding carboxylic acids is 3. The summed E-state index contributed by atoms with van der Waals surface area (Å²) < 4.78 is 23.3. The second-order valence-electron chi connectivity index (χ2n) is 9.02. The number of benzene rings is 2. The van der Waals surface area contributed by atoms with Crippen LogP contribution in [0.3, 0.4) is 0 Å². The highest BCUT2D eigenvalue weighted by Gasteiger charge is 2.29. The highest BCUT2D eigenvalue weighted by Crippen LogP contribution is 2.48. The van der Waals surface area contributed by atoms with Crippen LogP contribution in [-0.2, 0) is 25.5 Å². The second-order valence-corrected chi connectivity index (χ2v) is 11.1. The van der Waals surface area contributed by atoms with Crippen molar-refractivity contribution in [1.29, 1.82) is 0 Å². The molecule has 1 unspecified atom stereocenters. The molecule has 2 aromatic carbocycles. The standard InChI is InChI=1S/C30H33N2O7S2.HI/c1-8-31-22-13-18(17(3)36-4)20(29(34)38-6)15-24(22)40-26(31)11-10-12-27-32(9-2)23-14-19(28(33)37-5)21(30(35)39-7)16-25(23)41-27;/h10-17H,8-9H2,1-7H3;1H/q+1;/p-1. The first-order chi connectivity index (χ1) is 19.7. The summed E-state index contributed by atoms with van der Waals surface area (Å²) in [5.41, 5.74) is 3.44. The molecule has 12 heteroatoms. The molecule has 224 valence electrons. The van der Waals surface area contributed by atoms with E-state index < -0.39 is 17.9 Å². The summed E-state index contributed by atoms with van der Waals surface area (Å²) in [6.45, 7) is 7.40. The lowest BCUT2D eigenvalue weighted by Gasteiger charge is -2.20. The Balaban J connectivity index is 0.00000484. The average Bonchev–Trinajstić information content (AvgIpc) is 3.53. The van der Waals surface area contributed by atoms with E-state index in [1.54, 1.807) is 31.0 Å². The third kappa shape index (κ3) is 6.36. The molecule has 0 aliphatic carbocycles. The number of halogens is 1. The zero-order chi connectivity index (χ0) is 29.8. The maximum atomic E-state index is 12.5. The van der Waals surface area contributed by atoms with Crippen molar-refractivity contribution in [3.63, 3.8) is 0 Å². The average molecular weight is 725 g/mol. The molecule has 2 heterocycles. The van der Waals surface area contributed by atoms with Gasteiger partial charge < -0.3 is 47.8 Å². The van der Waals surface area contributed by atoms with Crippen molar-refractivity contribution >= 4 is 63.0 Å². The fourth-order valence-electron chi connectivity index (χ4n) is 4.73. The third-order valence-electron chi connectivity index (χ3n) is 6.89. The van der Waals surface area contributed by atoms with E-state index in [-0.39, 0.29) is 41.2 Å². The van der Waals surface area contributed by atoms with Crippen molar-refractivity contribution in [2.45, 2.75) is 38.3 Å². The zero-order valence-electron chi connectivity index (χ0n) is 24.5. The lowest BCUT2D eigenvalue weighted by molar-refractivity contribution is -0.665. The van der Waals surface area contributed by atoms with Crippen LogP contribution in [0.2, 0.25) is 0 Å². The topological polar surface area (TPSA) is 95.3 Å². The molecule has 0 saturated carbocycles. The van der Waals surface area contributed by atoms with Crippen LogP contribution in [-0.4, -0.2) is 52.9 Å². The predicted octanol–water partition coefficient (Wildman–Crippen LogP) is 2.77. The normalized spacial score (nSPS) is 14.2. The Morgan fingerprint density at radius 2 is 1.55 bits per heavy atom. The largest absolute Gasteiger partial charge is 1.00 e. The van der Waals surface area contributed by atoms with Crippen molar-refractivity contribution in [2.75, 3.05) is 39.9 Å². The van der Waals surface area contributed by atoms with Crippen LogP contribution in [0.5, 0.6) is 0 Å². The van der Waals surface area contributed by atoms with E-state index in [4.69, 9.17) is 18.9 Å². The molecule has 42 heavy (non-hydrogen) atoms. The van der Waals surface area contributed by atoms with Gasteiger partial charge in [0.05, 0.1) is 54.8 Å². The predicted molar refractivity (Wildman–Crippen MR) is 160 cm³/mol. The first-order valence-corrected chi connectivity index (χ1v) is 14.7. The van der Waals surface area contributed by atoms with Crippen LogP contribution < -0.4 is 33.4 Å². The molecular formula is C30H33IN2O7S2. The van der Waals surface area contributed by atoms with Crippen molar-refractivity contribution < 1.29 is 61.9 Å². The molecular weight excluding hydrogens is 691 g/mol.